The molecule has 4 nitrogen and oxygen atoms in total. The van der Waals surface area contributed by atoms with Crippen LogP contribution in [0.1, 0.15) is 18.5 Å². The summed E-state index contributed by atoms with van der Waals surface area (Å²) in [6, 6.07) is 14.3. The molecule has 2 N–H and O–H groups in total. The highest BCUT2D eigenvalue weighted by molar-refractivity contribution is 7.89. The zero-order valence-electron chi connectivity index (χ0n) is 11.8. The van der Waals surface area contributed by atoms with Gasteiger partial charge < -0.3 is 5.32 Å². The van der Waals surface area contributed by atoms with E-state index in [1.165, 1.54) is 7.05 Å². The lowest BCUT2D eigenvalue weighted by atomic mass is 10.1. The molecule has 1 unspecified atom stereocenters. The van der Waals surface area contributed by atoms with Crippen LogP contribution in [0.4, 0.5) is 5.69 Å². The number of halogens is 1. The molecule has 0 saturated carbocycles. The molecule has 0 fully saturated rings. The minimum Gasteiger partial charge on any atom is -0.378 e. The van der Waals surface area contributed by atoms with Gasteiger partial charge in [-0.3, -0.25) is 0 Å². The van der Waals surface area contributed by atoms with Crippen molar-refractivity contribution in [3.05, 3.63) is 59.1 Å². The van der Waals surface area contributed by atoms with Gasteiger partial charge in [-0.15, -0.1) is 0 Å². The predicted octanol–water partition coefficient (Wildman–Crippen LogP) is 3.42. The van der Waals surface area contributed by atoms with Crippen LogP contribution < -0.4 is 10.0 Å². The smallest absolute Gasteiger partial charge is 0.240 e. The molecule has 112 valence electrons. The Hall–Kier alpha value is -1.56. The highest BCUT2D eigenvalue weighted by atomic mass is 35.5. The molecule has 0 aliphatic heterocycles. The molecule has 2 aromatic rings. The quantitative estimate of drug-likeness (QED) is 0.886. The molecule has 2 aromatic carbocycles. The molecule has 0 aliphatic carbocycles. The van der Waals surface area contributed by atoms with Gasteiger partial charge in [0.25, 0.3) is 0 Å². The molecule has 0 aromatic heterocycles. The third-order valence-electron chi connectivity index (χ3n) is 3.14. The Bertz CT molecular complexity index is 732. The predicted molar refractivity (Wildman–Crippen MR) is 86.2 cm³/mol. The fourth-order valence-corrected chi connectivity index (χ4v) is 2.95. The second-order valence-corrected chi connectivity index (χ2v) is 6.98. The van der Waals surface area contributed by atoms with Crippen molar-refractivity contribution >= 4 is 27.3 Å². The number of benzene rings is 2. The van der Waals surface area contributed by atoms with Gasteiger partial charge in [-0.25, -0.2) is 13.1 Å². The summed E-state index contributed by atoms with van der Waals surface area (Å²) in [5, 5.41) is 3.94. The van der Waals surface area contributed by atoms with E-state index >= 15 is 0 Å². The monoisotopic (exact) mass is 324 g/mol. The summed E-state index contributed by atoms with van der Waals surface area (Å²) in [4.78, 5) is 0.230. The third-order valence-corrected chi connectivity index (χ3v) is 4.79. The summed E-state index contributed by atoms with van der Waals surface area (Å²) < 4.78 is 25.9. The first-order valence-corrected chi connectivity index (χ1v) is 8.34. The molecule has 0 radical (unpaired) electrons. The Kier molecular flexibility index (Phi) is 4.88. The van der Waals surface area contributed by atoms with E-state index in [4.69, 9.17) is 11.6 Å². The molecule has 2 rings (SSSR count). The van der Waals surface area contributed by atoms with Crippen molar-refractivity contribution in [2.45, 2.75) is 17.9 Å². The minimum absolute atomic E-state index is 0.0104. The maximum atomic E-state index is 11.8. The van der Waals surface area contributed by atoms with Crippen LogP contribution >= 0.6 is 11.6 Å². The van der Waals surface area contributed by atoms with E-state index in [2.05, 4.69) is 10.0 Å². The van der Waals surface area contributed by atoms with E-state index in [9.17, 15) is 8.42 Å². The maximum Gasteiger partial charge on any atom is 0.240 e. The second kappa shape index (κ2) is 6.47. The molecule has 21 heavy (non-hydrogen) atoms. The van der Waals surface area contributed by atoms with Crippen molar-refractivity contribution in [3.63, 3.8) is 0 Å². The number of hydrogen-bond donors (Lipinski definition) is 2. The Balaban J connectivity index is 2.22. The number of rotatable bonds is 5. The van der Waals surface area contributed by atoms with Crippen molar-refractivity contribution in [1.29, 1.82) is 0 Å². The summed E-state index contributed by atoms with van der Waals surface area (Å²) in [5.41, 5.74) is 1.77. The molecule has 1 atom stereocenters. The summed E-state index contributed by atoms with van der Waals surface area (Å²) in [5.74, 6) is 0. The number of anilines is 1. The SMILES string of the molecule is CNS(=O)(=O)c1cccc(NC(C)c2cccc(Cl)c2)c1. The van der Waals surface area contributed by atoms with E-state index in [-0.39, 0.29) is 10.9 Å². The first kappa shape index (κ1) is 15.8. The maximum absolute atomic E-state index is 11.8. The van der Waals surface area contributed by atoms with E-state index in [1.54, 1.807) is 18.2 Å². The van der Waals surface area contributed by atoms with E-state index in [0.29, 0.717) is 5.02 Å². The average molecular weight is 325 g/mol. The van der Waals surface area contributed by atoms with Gasteiger partial charge in [0, 0.05) is 16.8 Å². The van der Waals surface area contributed by atoms with Crippen molar-refractivity contribution in [2.24, 2.45) is 0 Å². The standard InChI is InChI=1S/C15H17ClN2O2S/c1-11(12-5-3-6-13(16)9-12)18-14-7-4-8-15(10-14)21(19,20)17-2/h3-11,17-18H,1-2H3. The number of nitrogens with one attached hydrogen (secondary N) is 2. The van der Waals surface area contributed by atoms with Gasteiger partial charge in [-0.05, 0) is 49.9 Å². The van der Waals surface area contributed by atoms with Crippen LogP contribution in [0.3, 0.4) is 0 Å². The van der Waals surface area contributed by atoms with Gasteiger partial charge in [-0.1, -0.05) is 29.8 Å². The summed E-state index contributed by atoms with van der Waals surface area (Å²) in [7, 11) is -2.05. The topological polar surface area (TPSA) is 58.2 Å². The molecular weight excluding hydrogens is 308 g/mol. The Morgan fingerprint density at radius 2 is 1.81 bits per heavy atom. The van der Waals surface area contributed by atoms with Crippen LogP contribution in [0.2, 0.25) is 5.02 Å². The lowest BCUT2D eigenvalue weighted by Crippen LogP contribution is -2.18. The molecule has 0 heterocycles. The molecule has 0 saturated heterocycles. The zero-order valence-corrected chi connectivity index (χ0v) is 13.4. The molecule has 0 aliphatic rings. The first-order chi connectivity index (χ1) is 9.92. The van der Waals surface area contributed by atoms with Gasteiger partial charge in [0.05, 0.1) is 4.90 Å². The molecule has 0 amide bonds. The molecule has 0 spiro atoms. The van der Waals surface area contributed by atoms with Gasteiger partial charge in [0.15, 0.2) is 0 Å². The largest absolute Gasteiger partial charge is 0.378 e. The lowest BCUT2D eigenvalue weighted by Gasteiger charge is -2.16. The normalized spacial score (nSPS) is 12.9. The van der Waals surface area contributed by atoms with Gasteiger partial charge in [0.1, 0.15) is 0 Å². The van der Waals surface area contributed by atoms with Crippen molar-refractivity contribution in [2.75, 3.05) is 12.4 Å². The Labute approximate surface area is 130 Å². The van der Waals surface area contributed by atoms with Crippen LogP contribution in [-0.4, -0.2) is 15.5 Å². The van der Waals surface area contributed by atoms with Crippen molar-refractivity contribution in [1.82, 2.24) is 4.72 Å². The highest BCUT2D eigenvalue weighted by Gasteiger charge is 2.12. The van der Waals surface area contributed by atoms with Gasteiger partial charge in [-0.2, -0.15) is 0 Å². The van der Waals surface area contributed by atoms with E-state index < -0.39 is 10.0 Å². The van der Waals surface area contributed by atoms with Crippen molar-refractivity contribution in [3.8, 4) is 0 Å². The summed E-state index contributed by atoms with van der Waals surface area (Å²) >= 11 is 5.98. The molecule has 6 heteroatoms. The van der Waals surface area contributed by atoms with Crippen LogP contribution in [0.15, 0.2) is 53.4 Å². The van der Waals surface area contributed by atoms with Crippen molar-refractivity contribution < 1.29 is 8.42 Å². The Morgan fingerprint density at radius 1 is 1.10 bits per heavy atom. The highest BCUT2D eigenvalue weighted by Crippen LogP contribution is 2.23. The number of sulfonamides is 1. The fourth-order valence-electron chi connectivity index (χ4n) is 1.98. The average Bonchev–Trinajstić information content (AvgIpc) is 2.47. The van der Waals surface area contributed by atoms with Crippen LogP contribution in [0, 0.1) is 0 Å². The number of hydrogen-bond acceptors (Lipinski definition) is 3. The van der Waals surface area contributed by atoms with E-state index in [0.717, 1.165) is 11.3 Å². The molecular formula is C15H17ClN2O2S. The van der Waals surface area contributed by atoms with E-state index in [1.807, 2.05) is 37.3 Å². The minimum atomic E-state index is -3.44. The lowest BCUT2D eigenvalue weighted by molar-refractivity contribution is 0.588. The summed E-state index contributed by atoms with van der Waals surface area (Å²) in [6.45, 7) is 1.99. The third kappa shape index (κ3) is 3.97. The Morgan fingerprint density at radius 3 is 2.48 bits per heavy atom. The van der Waals surface area contributed by atoms with Crippen LogP contribution in [0.5, 0.6) is 0 Å². The molecule has 0 bridgehead atoms. The second-order valence-electron chi connectivity index (χ2n) is 4.66. The zero-order chi connectivity index (χ0) is 15.5. The van der Waals surface area contributed by atoms with Crippen LogP contribution in [-0.2, 0) is 10.0 Å². The van der Waals surface area contributed by atoms with Gasteiger partial charge >= 0.3 is 0 Å². The summed E-state index contributed by atoms with van der Waals surface area (Å²) in [6.07, 6.45) is 0. The first-order valence-electron chi connectivity index (χ1n) is 6.48. The van der Waals surface area contributed by atoms with Gasteiger partial charge in [0.2, 0.25) is 10.0 Å². The van der Waals surface area contributed by atoms with Crippen LogP contribution in [0.25, 0.3) is 0 Å². The fraction of sp³-hybridized carbons (Fsp3) is 0.200.